The molecule has 0 radical (unpaired) electrons. The van der Waals surface area contributed by atoms with Crippen LogP contribution in [0.15, 0.2) is 34.9 Å². The van der Waals surface area contributed by atoms with Gasteiger partial charge in [0.15, 0.2) is 11.7 Å². The van der Waals surface area contributed by atoms with Gasteiger partial charge in [0, 0.05) is 18.6 Å². The molecule has 2 N–H and O–H groups in total. The molecule has 16 heavy (non-hydrogen) atoms. The molecule has 0 saturated carbocycles. The second kappa shape index (κ2) is 4.81. The van der Waals surface area contributed by atoms with E-state index in [1.54, 1.807) is 30.5 Å². The van der Waals surface area contributed by atoms with E-state index in [1.165, 1.54) is 0 Å². The first-order chi connectivity index (χ1) is 7.79. The zero-order valence-electron chi connectivity index (χ0n) is 8.76. The summed E-state index contributed by atoms with van der Waals surface area (Å²) in [4.78, 5) is 4.11. The smallest absolute Gasteiger partial charge is 0.194 e. The minimum absolute atomic E-state index is 0.136. The number of hydrogen-bond acceptors (Lipinski definition) is 4. The molecule has 2 aromatic rings. The Hall–Kier alpha value is -1.81. The normalized spacial score (nSPS) is 10.6. The van der Waals surface area contributed by atoms with E-state index in [9.17, 15) is 0 Å². The van der Waals surface area contributed by atoms with Crippen molar-refractivity contribution in [3.05, 3.63) is 36.4 Å². The second-order valence-electron chi connectivity index (χ2n) is 3.49. The minimum Gasteiger partial charge on any atom is -0.508 e. The van der Waals surface area contributed by atoms with Gasteiger partial charge in [-0.05, 0) is 30.7 Å². The maximum atomic E-state index is 9.15. The Balaban J connectivity index is 2.15. The summed E-state index contributed by atoms with van der Waals surface area (Å²) in [7, 11) is 0. The van der Waals surface area contributed by atoms with Crippen LogP contribution < -0.4 is 0 Å². The van der Waals surface area contributed by atoms with Gasteiger partial charge in [-0.15, -0.1) is 0 Å². The molecule has 0 aliphatic heterocycles. The zero-order valence-corrected chi connectivity index (χ0v) is 8.76. The molecule has 0 unspecified atom stereocenters. The fourth-order valence-electron chi connectivity index (χ4n) is 1.42. The molecular formula is C12H13NO3. The summed E-state index contributed by atoms with van der Waals surface area (Å²) in [6, 6.07) is 6.74. The predicted octanol–water partition coefficient (Wildman–Crippen LogP) is 1.97. The van der Waals surface area contributed by atoms with Crippen LogP contribution in [0, 0.1) is 0 Å². The number of aryl methyl sites for hydroxylation is 1. The number of aliphatic hydroxyl groups excluding tert-OH is 1. The lowest BCUT2D eigenvalue weighted by Crippen LogP contribution is -1.88. The van der Waals surface area contributed by atoms with Crippen molar-refractivity contribution in [1.82, 2.24) is 4.98 Å². The van der Waals surface area contributed by atoms with Gasteiger partial charge in [-0.2, -0.15) is 0 Å². The van der Waals surface area contributed by atoms with Crippen molar-refractivity contribution in [2.24, 2.45) is 0 Å². The maximum absolute atomic E-state index is 9.15. The third-order valence-electron chi connectivity index (χ3n) is 2.25. The molecule has 0 fully saturated rings. The Labute approximate surface area is 93.2 Å². The van der Waals surface area contributed by atoms with Crippen LogP contribution in [0.4, 0.5) is 0 Å². The van der Waals surface area contributed by atoms with Crippen LogP contribution in [-0.4, -0.2) is 21.8 Å². The predicted molar refractivity (Wildman–Crippen MR) is 59.0 cm³/mol. The lowest BCUT2D eigenvalue weighted by atomic mass is 10.2. The summed E-state index contributed by atoms with van der Waals surface area (Å²) in [6.45, 7) is 0.136. The zero-order chi connectivity index (χ0) is 11.4. The Morgan fingerprint density at radius 1 is 1.19 bits per heavy atom. The van der Waals surface area contributed by atoms with Crippen LogP contribution in [0.5, 0.6) is 5.75 Å². The monoisotopic (exact) mass is 219 g/mol. The summed E-state index contributed by atoms with van der Waals surface area (Å²) in [5.41, 5.74) is 0.876. The number of phenolic OH excluding ortho intramolecular Hbond substituents is 1. The van der Waals surface area contributed by atoms with E-state index in [2.05, 4.69) is 4.98 Å². The van der Waals surface area contributed by atoms with E-state index in [0.29, 0.717) is 24.5 Å². The minimum atomic E-state index is 0.136. The summed E-state index contributed by atoms with van der Waals surface area (Å²) in [5.74, 6) is 1.52. The molecule has 0 spiro atoms. The Morgan fingerprint density at radius 2 is 1.94 bits per heavy atom. The number of aromatic hydroxyl groups is 1. The van der Waals surface area contributed by atoms with Gasteiger partial charge in [0.2, 0.25) is 0 Å². The van der Waals surface area contributed by atoms with Gasteiger partial charge < -0.3 is 14.6 Å². The summed E-state index contributed by atoms with van der Waals surface area (Å²) in [5, 5.41) is 17.8. The van der Waals surface area contributed by atoms with Gasteiger partial charge in [0.05, 0.1) is 6.20 Å². The van der Waals surface area contributed by atoms with E-state index in [0.717, 1.165) is 5.56 Å². The van der Waals surface area contributed by atoms with Crippen molar-refractivity contribution >= 4 is 0 Å². The highest BCUT2D eigenvalue weighted by Gasteiger charge is 2.05. The highest BCUT2D eigenvalue weighted by molar-refractivity contribution is 5.57. The Bertz CT molecular complexity index is 448. The summed E-state index contributed by atoms with van der Waals surface area (Å²) in [6.07, 6.45) is 2.93. The molecule has 4 heteroatoms. The molecule has 0 aliphatic rings. The Morgan fingerprint density at radius 3 is 2.62 bits per heavy atom. The third kappa shape index (κ3) is 2.41. The molecular weight excluding hydrogens is 206 g/mol. The third-order valence-corrected chi connectivity index (χ3v) is 2.25. The number of hydrogen-bond donors (Lipinski definition) is 2. The van der Waals surface area contributed by atoms with Crippen LogP contribution in [0.2, 0.25) is 0 Å². The van der Waals surface area contributed by atoms with E-state index < -0.39 is 0 Å². The average molecular weight is 219 g/mol. The quantitative estimate of drug-likeness (QED) is 0.825. The molecule has 1 aromatic heterocycles. The Kier molecular flexibility index (Phi) is 3.22. The SMILES string of the molecule is OCCCc1ncc(-c2ccc(O)cc2)o1. The van der Waals surface area contributed by atoms with Crippen molar-refractivity contribution in [1.29, 1.82) is 0 Å². The average Bonchev–Trinajstić information content (AvgIpc) is 2.76. The number of phenols is 1. The number of oxazole rings is 1. The first-order valence-corrected chi connectivity index (χ1v) is 5.14. The lowest BCUT2D eigenvalue weighted by molar-refractivity contribution is 0.283. The molecule has 0 saturated heterocycles. The largest absolute Gasteiger partial charge is 0.508 e. The van der Waals surface area contributed by atoms with Crippen LogP contribution in [0.25, 0.3) is 11.3 Å². The van der Waals surface area contributed by atoms with Gasteiger partial charge in [-0.1, -0.05) is 0 Å². The molecule has 0 bridgehead atoms. The molecule has 0 amide bonds. The topological polar surface area (TPSA) is 66.5 Å². The van der Waals surface area contributed by atoms with Crippen LogP contribution in [0.3, 0.4) is 0 Å². The van der Waals surface area contributed by atoms with Crippen LogP contribution in [-0.2, 0) is 6.42 Å². The van der Waals surface area contributed by atoms with Crippen LogP contribution >= 0.6 is 0 Å². The molecule has 0 aliphatic carbocycles. The van der Waals surface area contributed by atoms with Crippen molar-refractivity contribution in [3.63, 3.8) is 0 Å². The van der Waals surface area contributed by atoms with Gasteiger partial charge in [-0.3, -0.25) is 0 Å². The van der Waals surface area contributed by atoms with Crippen molar-refractivity contribution in [2.45, 2.75) is 12.8 Å². The fraction of sp³-hybridized carbons (Fsp3) is 0.250. The van der Waals surface area contributed by atoms with Crippen molar-refractivity contribution < 1.29 is 14.6 Å². The van der Waals surface area contributed by atoms with E-state index >= 15 is 0 Å². The van der Waals surface area contributed by atoms with Gasteiger partial charge in [0.1, 0.15) is 5.75 Å². The van der Waals surface area contributed by atoms with Gasteiger partial charge in [0.25, 0.3) is 0 Å². The second-order valence-corrected chi connectivity index (χ2v) is 3.49. The number of aliphatic hydroxyl groups is 1. The van der Waals surface area contributed by atoms with Gasteiger partial charge in [-0.25, -0.2) is 4.98 Å². The van der Waals surface area contributed by atoms with E-state index in [1.807, 2.05) is 0 Å². The van der Waals surface area contributed by atoms with Crippen LogP contribution in [0.1, 0.15) is 12.3 Å². The van der Waals surface area contributed by atoms with E-state index in [-0.39, 0.29) is 12.4 Å². The molecule has 84 valence electrons. The maximum Gasteiger partial charge on any atom is 0.194 e. The molecule has 1 heterocycles. The number of rotatable bonds is 4. The molecule has 0 atom stereocenters. The summed E-state index contributed by atoms with van der Waals surface area (Å²) < 4.78 is 5.51. The molecule has 1 aromatic carbocycles. The number of nitrogens with zero attached hydrogens (tertiary/aromatic N) is 1. The van der Waals surface area contributed by atoms with Gasteiger partial charge >= 0.3 is 0 Å². The summed E-state index contributed by atoms with van der Waals surface area (Å²) >= 11 is 0. The first-order valence-electron chi connectivity index (χ1n) is 5.14. The lowest BCUT2D eigenvalue weighted by Gasteiger charge is -1.96. The van der Waals surface area contributed by atoms with Crippen molar-refractivity contribution in [3.8, 4) is 17.1 Å². The molecule has 4 nitrogen and oxygen atoms in total. The molecule has 2 rings (SSSR count). The number of aromatic nitrogens is 1. The highest BCUT2D eigenvalue weighted by atomic mass is 16.4. The van der Waals surface area contributed by atoms with E-state index in [4.69, 9.17) is 14.6 Å². The fourth-order valence-corrected chi connectivity index (χ4v) is 1.42. The standard InChI is InChI=1S/C12H13NO3/c14-7-1-2-12-13-8-11(16-12)9-3-5-10(15)6-4-9/h3-6,8,14-15H,1-2,7H2. The first kappa shape index (κ1) is 10.7. The number of benzene rings is 1. The highest BCUT2D eigenvalue weighted by Crippen LogP contribution is 2.22. The van der Waals surface area contributed by atoms with Crippen molar-refractivity contribution in [2.75, 3.05) is 6.61 Å².